The maximum Gasteiger partial charge on any atom is 0.172 e. The third-order valence-electron chi connectivity index (χ3n) is 4.67. The molecular weight excluding hydrogens is 332 g/mol. The number of carbonyl (C=O) groups excluding carboxylic acids is 1. The predicted molar refractivity (Wildman–Crippen MR) is 97.4 cm³/mol. The van der Waals surface area contributed by atoms with Crippen LogP contribution in [0.2, 0.25) is 0 Å². The van der Waals surface area contributed by atoms with Crippen LogP contribution in [0, 0.1) is 6.92 Å². The first-order valence-electron chi connectivity index (χ1n) is 8.63. The van der Waals surface area contributed by atoms with E-state index in [0.29, 0.717) is 22.5 Å². The van der Waals surface area contributed by atoms with Crippen molar-refractivity contribution in [2.75, 3.05) is 18.0 Å². The number of aldehydes is 1. The number of benzene rings is 1. The van der Waals surface area contributed by atoms with Gasteiger partial charge in [0.05, 0.1) is 29.5 Å². The quantitative estimate of drug-likeness (QED) is 0.670. The van der Waals surface area contributed by atoms with E-state index in [2.05, 4.69) is 20.0 Å². The molecular formula is C19H20N4O3. The van der Waals surface area contributed by atoms with Crippen LogP contribution in [-0.4, -0.2) is 46.7 Å². The Labute approximate surface area is 151 Å². The second-order valence-electron chi connectivity index (χ2n) is 6.72. The Morgan fingerprint density at radius 2 is 2.00 bits per heavy atom. The highest BCUT2D eigenvalue weighted by atomic mass is 16.5. The number of hydrogen-bond donors (Lipinski definition) is 0. The summed E-state index contributed by atoms with van der Waals surface area (Å²) in [6.07, 6.45) is 5.92. The third kappa shape index (κ3) is 2.74. The molecule has 0 spiro atoms. The molecule has 7 nitrogen and oxygen atoms in total. The summed E-state index contributed by atoms with van der Waals surface area (Å²) in [7, 11) is 0. The zero-order valence-electron chi connectivity index (χ0n) is 15.0. The van der Waals surface area contributed by atoms with Gasteiger partial charge in [0.2, 0.25) is 0 Å². The van der Waals surface area contributed by atoms with Crippen LogP contribution in [0.5, 0.6) is 0 Å². The van der Waals surface area contributed by atoms with Crippen molar-refractivity contribution in [2.45, 2.75) is 33.0 Å². The van der Waals surface area contributed by atoms with Gasteiger partial charge >= 0.3 is 0 Å². The van der Waals surface area contributed by atoms with Gasteiger partial charge in [0.15, 0.2) is 11.9 Å². The van der Waals surface area contributed by atoms with Crippen molar-refractivity contribution in [3.63, 3.8) is 0 Å². The van der Waals surface area contributed by atoms with E-state index in [-0.39, 0.29) is 12.2 Å². The van der Waals surface area contributed by atoms with Gasteiger partial charge in [0, 0.05) is 36.6 Å². The van der Waals surface area contributed by atoms with Crippen LogP contribution in [0.25, 0.3) is 22.4 Å². The van der Waals surface area contributed by atoms with Crippen LogP contribution < -0.4 is 4.90 Å². The minimum atomic E-state index is 0.0956. The summed E-state index contributed by atoms with van der Waals surface area (Å²) in [5, 5.41) is 4.95. The second kappa shape index (κ2) is 6.49. The monoisotopic (exact) mass is 352 g/mol. The van der Waals surface area contributed by atoms with Crippen LogP contribution in [-0.2, 0) is 4.74 Å². The molecule has 0 N–H and O–H groups in total. The zero-order valence-corrected chi connectivity index (χ0v) is 15.0. The van der Waals surface area contributed by atoms with E-state index >= 15 is 0 Å². The van der Waals surface area contributed by atoms with Crippen molar-refractivity contribution in [1.82, 2.24) is 15.1 Å². The average molecular weight is 352 g/mol. The minimum absolute atomic E-state index is 0.0956. The molecule has 0 amide bonds. The fourth-order valence-electron chi connectivity index (χ4n) is 3.73. The minimum Gasteiger partial charge on any atom is -0.372 e. The van der Waals surface area contributed by atoms with E-state index in [1.54, 1.807) is 18.6 Å². The molecule has 1 aliphatic heterocycles. The molecule has 1 aromatic carbocycles. The summed E-state index contributed by atoms with van der Waals surface area (Å²) >= 11 is 0. The first-order valence-corrected chi connectivity index (χ1v) is 8.63. The molecule has 1 aliphatic rings. The number of morpholine rings is 1. The number of carbonyl (C=O) groups is 1. The number of fused-ring (bicyclic) bond motifs is 1. The summed E-state index contributed by atoms with van der Waals surface area (Å²) in [6, 6.07) is 1.83. The highest BCUT2D eigenvalue weighted by Gasteiger charge is 2.27. The zero-order chi connectivity index (χ0) is 18.3. The Morgan fingerprint density at radius 3 is 2.65 bits per heavy atom. The lowest BCUT2D eigenvalue weighted by Crippen LogP contribution is -2.46. The van der Waals surface area contributed by atoms with Gasteiger partial charge in [-0.2, -0.15) is 0 Å². The van der Waals surface area contributed by atoms with Gasteiger partial charge in [-0.3, -0.25) is 14.8 Å². The molecule has 2 unspecified atom stereocenters. The van der Waals surface area contributed by atoms with Gasteiger partial charge in [-0.05, 0) is 26.8 Å². The lowest BCUT2D eigenvalue weighted by atomic mass is 10.0. The lowest BCUT2D eigenvalue weighted by molar-refractivity contribution is -0.00528. The van der Waals surface area contributed by atoms with Crippen molar-refractivity contribution in [2.24, 2.45) is 0 Å². The summed E-state index contributed by atoms with van der Waals surface area (Å²) < 4.78 is 11.4. The first-order chi connectivity index (χ1) is 12.6. The number of nitrogens with zero attached hydrogens (tertiary/aromatic N) is 4. The Kier molecular flexibility index (Phi) is 4.16. The van der Waals surface area contributed by atoms with E-state index in [1.807, 2.05) is 26.8 Å². The van der Waals surface area contributed by atoms with Crippen LogP contribution >= 0.6 is 0 Å². The predicted octanol–water partition coefficient (Wildman–Crippen LogP) is 3.02. The Morgan fingerprint density at radius 1 is 1.23 bits per heavy atom. The van der Waals surface area contributed by atoms with Crippen molar-refractivity contribution >= 4 is 22.9 Å². The van der Waals surface area contributed by atoms with Gasteiger partial charge in [-0.25, -0.2) is 0 Å². The third-order valence-corrected chi connectivity index (χ3v) is 4.67. The van der Waals surface area contributed by atoms with Crippen LogP contribution in [0.15, 0.2) is 29.2 Å². The molecule has 0 aliphatic carbocycles. The van der Waals surface area contributed by atoms with E-state index in [1.165, 1.54) is 0 Å². The van der Waals surface area contributed by atoms with Gasteiger partial charge < -0.3 is 14.2 Å². The summed E-state index contributed by atoms with van der Waals surface area (Å²) in [4.78, 5) is 22.4. The van der Waals surface area contributed by atoms with Crippen molar-refractivity contribution in [1.29, 1.82) is 0 Å². The second-order valence-corrected chi connectivity index (χ2v) is 6.72. The molecule has 4 rings (SSSR count). The van der Waals surface area contributed by atoms with Gasteiger partial charge in [0.1, 0.15) is 11.4 Å². The van der Waals surface area contributed by atoms with Crippen molar-refractivity contribution in [3.05, 3.63) is 35.8 Å². The fraction of sp³-hybridized carbons (Fsp3) is 0.368. The Hall–Kier alpha value is -2.80. The van der Waals surface area contributed by atoms with Crippen LogP contribution in [0.3, 0.4) is 0 Å². The molecule has 0 radical (unpaired) electrons. The number of aryl methyl sites for hydroxylation is 1. The largest absolute Gasteiger partial charge is 0.372 e. The van der Waals surface area contributed by atoms with Crippen LogP contribution in [0.1, 0.15) is 29.8 Å². The molecule has 0 saturated carbocycles. The van der Waals surface area contributed by atoms with E-state index in [0.717, 1.165) is 36.0 Å². The van der Waals surface area contributed by atoms with E-state index < -0.39 is 0 Å². The molecule has 26 heavy (non-hydrogen) atoms. The molecule has 3 aromatic rings. The normalized spacial score (nSPS) is 20.5. The summed E-state index contributed by atoms with van der Waals surface area (Å²) in [5.41, 5.74) is 4.27. The van der Waals surface area contributed by atoms with Gasteiger partial charge in [-0.15, -0.1) is 0 Å². The van der Waals surface area contributed by atoms with E-state index in [9.17, 15) is 4.79 Å². The fourth-order valence-corrected chi connectivity index (χ4v) is 3.73. The molecule has 134 valence electrons. The van der Waals surface area contributed by atoms with Gasteiger partial charge in [-0.1, -0.05) is 5.16 Å². The molecule has 7 heteroatoms. The molecule has 0 bridgehead atoms. The smallest absolute Gasteiger partial charge is 0.172 e. The SMILES string of the molecule is Cc1c(N2CC(C)OC(C)C2)c(C=O)cc2c(-c3cnccn3)noc12. The topological polar surface area (TPSA) is 81.4 Å². The number of anilines is 1. The highest BCUT2D eigenvalue weighted by molar-refractivity contribution is 6.01. The molecule has 1 saturated heterocycles. The van der Waals surface area contributed by atoms with Crippen molar-refractivity contribution < 1.29 is 14.1 Å². The highest BCUT2D eigenvalue weighted by Crippen LogP contribution is 2.37. The molecule has 2 atom stereocenters. The maximum absolute atomic E-state index is 11.9. The number of rotatable bonds is 3. The Balaban J connectivity index is 1.88. The molecule has 3 heterocycles. The number of hydrogen-bond acceptors (Lipinski definition) is 7. The molecule has 2 aromatic heterocycles. The maximum atomic E-state index is 11.9. The standard InChI is InChI=1S/C19H20N4O3/c1-11-8-23(9-12(2)25-11)18-13(3)19-15(6-14(18)10-24)17(22-26-19)16-7-20-4-5-21-16/h4-7,10-12H,8-9H2,1-3H3. The number of aromatic nitrogens is 3. The first kappa shape index (κ1) is 16.7. The lowest BCUT2D eigenvalue weighted by Gasteiger charge is -2.38. The van der Waals surface area contributed by atoms with Crippen LogP contribution in [0.4, 0.5) is 5.69 Å². The average Bonchev–Trinajstić information content (AvgIpc) is 3.05. The van der Waals surface area contributed by atoms with E-state index in [4.69, 9.17) is 9.26 Å². The summed E-state index contributed by atoms with van der Waals surface area (Å²) in [5.74, 6) is 0. The summed E-state index contributed by atoms with van der Waals surface area (Å²) in [6.45, 7) is 7.49. The van der Waals surface area contributed by atoms with Crippen molar-refractivity contribution in [3.8, 4) is 11.4 Å². The van der Waals surface area contributed by atoms with Gasteiger partial charge in [0.25, 0.3) is 0 Å². The molecule has 1 fully saturated rings. The Bertz CT molecular complexity index is 944. The number of ether oxygens (including phenoxy) is 1.